The highest BCUT2D eigenvalue weighted by Gasteiger charge is 2.36. The van der Waals surface area contributed by atoms with E-state index in [1.807, 2.05) is 0 Å². The summed E-state index contributed by atoms with van der Waals surface area (Å²) in [5, 5.41) is 5.76. The van der Waals surface area contributed by atoms with Gasteiger partial charge in [-0.15, -0.1) is 0 Å². The number of aromatic nitrogens is 3. The number of H-pyrrole nitrogens is 1. The Morgan fingerprint density at radius 2 is 1.82 bits per heavy atom. The molecule has 0 unspecified atom stereocenters. The van der Waals surface area contributed by atoms with Gasteiger partial charge in [0.15, 0.2) is 5.82 Å². The van der Waals surface area contributed by atoms with Crippen LogP contribution in [0.25, 0.3) is 22.3 Å². The Hall–Kier alpha value is -2.13. The predicted octanol–water partition coefficient (Wildman–Crippen LogP) is 3.75. The number of hydrogen-bond donors (Lipinski definition) is 2. The molecule has 0 aliphatic rings. The van der Waals surface area contributed by atoms with Crippen LogP contribution in [0.5, 0.6) is 0 Å². The third-order valence-corrected chi connectivity index (χ3v) is 3.54. The van der Waals surface area contributed by atoms with Crippen LogP contribution in [0, 0.1) is 5.82 Å². The average Bonchev–Trinajstić information content (AvgIpc) is 2.92. The second-order valence-electron chi connectivity index (χ2n) is 4.39. The highest BCUT2D eigenvalue weighted by molar-refractivity contribution is 7.97. The monoisotopic (exact) mass is 328 g/mol. The molecular weight excluding hydrogens is 320 g/mol. The summed E-state index contributed by atoms with van der Waals surface area (Å²) in [6.07, 6.45) is -2.09. The van der Waals surface area contributed by atoms with Gasteiger partial charge in [0.25, 0.3) is 0 Å². The van der Waals surface area contributed by atoms with Crippen molar-refractivity contribution in [2.24, 2.45) is 5.14 Å². The summed E-state index contributed by atoms with van der Waals surface area (Å²) in [5.74, 6) is -1.14. The second kappa shape index (κ2) is 5.25. The van der Waals surface area contributed by atoms with E-state index in [1.54, 1.807) is 0 Å². The molecular formula is C13H8F4N4S. The molecule has 0 fully saturated rings. The maximum Gasteiger partial charge on any atom is 0.417 e. The number of nitrogens with two attached hydrogens (primary N) is 1. The summed E-state index contributed by atoms with van der Waals surface area (Å²) in [4.78, 5) is 10.3. The van der Waals surface area contributed by atoms with Crippen LogP contribution in [-0.4, -0.2) is 15.0 Å². The number of aromatic amines is 1. The Morgan fingerprint density at radius 3 is 2.41 bits per heavy atom. The first-order valence-corrected chi connectivity index (χ1v) is 6.86. The lowest BCUT2D eigenvalue weighted by Crippen LogP contribution is -2.09. The third kappa shape index (κ3) is 2.42. The number of rotatable bonds is 2. The molecule has 0 bridgehead atoms. The molecule has 4 nitrogen and oxygen atoms in total. The molecule has 0 saturated carbocycles. The first-order valence-electron chi connectivity index (χ1n) is 5.98. The van der Waals surface area contributed by atoms with Gasteiger partial charge in [-0.3, -0.25) is 5.14 Å². The number of nitrogens with one attached hydrogen (secondary N) is 1. The molecule has 22 heavy (non-hydrogen) atoms. The van der Waals surface area contributed by atoms with Crippen LogP contribution in [0.2, 0.25) is 0 Å². The van der Waals surface area contributed by atoms with Gasteiger partial charge in [-0.1, -0.05) is 0 Å². The molecule has 1 aromatic carbocycles. The Bertz CT molecular complexity index is 829. The zero-order chi connectivity index (χ0) is 15.9. The first-order chi connectivity index (χ1) is 10.4. The molecule has 0 radical (unpaired) electrons. The molecule has 0 atom stereocenters. The van der Waals surface area contributed by atoms with Gasteiger partial charge in [0.05, 0.1) is 16.1 Å². The first kappa shape index (κ1) is 14.8. The molecule has 0 saturated heterocycles. The molecule has 2 heterocycles. The van der Waals surface area contributed by atoms with Gasteiger partial charge in [0, 0.05) is 23.3 Å². The minimum atomic E-state index is -4.74. The van der Waals surface area contributed by atoms with Gasteiger partial charge < -0.3 is 4.98 Å². The minimum absolute atomic E-state index is 0.0338. The molecule has 2 aromatic heterocycles. The van der Waals surface area contributed by atoms with Crippen LogP contribution < -0.4 is 5.14 Å². The van der Waals surface area contributed by atoms with Crippen molar-refractivity contribution in [2.45, 2.75) is 11.2 Å². The van der Waals surface area contributed by atoms with E-state index in [1.165, 1.54) is 24.5 Å². The number of fused-ring (bicyclic) bond motifs is 1. The number of alkyl halides is 3. The van der Waals surface area contributed by atoms with Crippen molar-refractivity contribution < 1.29 is 17.6 Å². The number of benzene rings is 1. The van der Waals surface area contributed by atoms with Crippen LogP contribution in [0.4, 0.5) is 17.6 Å². The molecule has 0 spiro atoms. The van der Waals surface area contributed by atoms with Crippen molar-refractivity contribution in [3.05, 3.63) is 42.0 Å². The van der Waals surface area contributed by atoms with E-state index >= 15 is 0 Å². The summed E-state index contributed by atoms with van der Waals surface area (Å²) in [6.45, 7) is 0. The summed E-state index contributed by atoms with van der Waals surface area (Å²) >= 11 is 0.776. The zero-order valence-electron chi connectivity index (χ0n) is 10.8. The summed E-state index contributed by atoms with van der Waals surface area (Å²) < 4.78 is 53.8. The van der Waals surface area contributed by atoms with E-state index < -0.39 is 17.6 Å². The highest BCUT2D eigenvalue weighted by atomic mass is 32.2. The SMILES string of the molecule is NSc1cc2c(-c3ncccn3)c(C(F)(F)F)cc(F)c2[nH]1. The maximum atomic E-state index is 14.0. The summed E-state index contributed by atoms with van der Waals surface area (Å²) in [6, 6.07) is 3.27. The van der Waals surface area contributed by atoms with E-state index in [4.69, 9.17) is 5.14 Å². The number of hydrogen-bond acceptors (Lipinski definition) is 4. The summed E-state index contributed by atoms with van der Waals surface area (Å²) in [7, 11) is 0. The fourth-order valence-electron chi connectivity index (χ4n) is 2.19. The lowest BCUT2D eigenvalue weighted by atomic mass is 10.0. The summed E-state index contributed by atoms with van der Waals surface area (Å²) in [5.41, 5.74) is -1.47. The van der Waals surface area contributed by atoms with Crippen molar-refractivity contribution in [1.82, 2.24) is 15.0 Å². The Morgan fingerprint density at radius 1 is 1.14 bits per heavy atom. The topological polar surface area (TPSA) is 67.6 Å². The molecule has 3 aromatic rings. The van der Waals surface area contributed by atoms with Crippen LogP contribution >= 0.6 is 11.9 Å². The maximum absolute atomic E-state index is 14.0. The lowest BCUT2D eigenvalue weighted by Gasteiger charge is -2.13. The van der Waals surface area contributed by atoms with Gasteiger partial charge >= 0.3 is 6.18 Å². The molecule has 0 aliphatic heterocycles. The molecule has 3 N–H and O–H groups in total. The number of nitrogens with zero attached hydrogens (tertiary/aromatic N) is 2. The average molecular weight is 328 g/mol. The van der Waals surface area contributed by atoms with Crippen LogP contribution in [-0.2, 0) is 6.18 Å². The fraction of sp³-hybridized carbons (Fsp3) is 0.0769. The normalized spacial score (nSPS) is 12.0. The van der Waals surface area contributed by atoms with Crippen molar-refractivity contribution in [2.75, 3.05) is 0 Å². The van der Waals surface area contributed by atoms with E-state index in [9.17, 15) is 17.6 Å². The van der Waals surface area contributed by atoms with E-state index in [-0.39, 0.29) is 22.3 Å². The van der Waals surface area contributed by atoms with Crippen LogP contribution in [0.1, 0.15) is 5.56 Å². The van der Waals surface area contributed by atoms with E-state index in [0.29, 0.717) is 11.1 Å². The van der Waals surface area contributed by atoms with Crippen molar-refractivity contribution in [3.63, 3.8) is 0 Å². The van der Waals surface area contributed by atoms with E-state index in [2.05, 4.69) is 15.0 Å². The fourth-order valence-corrected chi connectivity index (χ4v) is 2.53. The van der Waals surface area contributed by atoms with Gasteiger partial charge in [-0.05, 0) is 30.1 Å². The second-order valence-corrected chi connectivity index (χ2v) is 5.07. The van der Waals surface area contributed by atoms with Gasteiger partial charge in [-0.2, -0.15) is 13.2 Å². The molecule has 114 valence electrons. The smallest absolute Gasteiger partial charge is 0.346 e. The van der Waals surface area contributed by atoms with Gasteiger partial charge in [0.2, 0.25) is 0 Å². The third-order valence-electron chi connectivity index (χ3n) is 3.06. The van der Waals surface area contributed by atoms with Gasteiger partial charge in [0.1, 0.15) is 5.82 Å². The molecule has 0 aliphatic carbocycles. The zero-order valence-corrected chi connectivity index (χ0v) is 11.6. The van der Waals surface area contributed by atoms with Crippen molar-refractivity contribution >= 4 is 22.9 Å². The largest absolute Gasteiger partial charge is 0.417 e. The van der Waals surface area contributed by atoms with Gasteiger partial charge in [-0.25, -0.2) is 14.4 Å². The van der Waals surface area contributed by atoms with Crippen LogP contribution in [0.15, 0.2) is 35.6 Å². The molecule has 3 rings (SSSR count). The molecule has 9 heteroatoms. The quantitative estimate of drug-likeness (QED) is 0.555. The lowest BCUT2D eigenvalue weighted by molar-refractivity contribution is -0.137. The van der Waals surface area contributed by atoms with Crippen LogP contribution in [0.3, 0.4) is 0 Å². The highest BCUT2D eigenvalue weighted by Crippen LogP contribution is 2.41. The van der Waals surface area contributed by atoms with Crippen molar-refractivity contribution in [3.8, 4) is 11.4 Å². The Kier molecular flexibility index (Phi) is 3.53. The number of halogens is 4. The Labute approximate surface area is 125 Å². The van der Waals surface area contributed by atoms with E-state index in [0.717, 1.165) is 11.9 Å². The Balaban J connectivity index is 2.44. The minimum Gasteiger partial charge on any atom is -0.346 e. The predicted molar refractivity (Wildman–Crippen MR) is 74.3 cm³/mol. The standard InChI is InChI=1S/C13H8F4N4S/c14-8-5-7(13(15,16)17)10(12-19-2-1-3-20-12)6-4-9(22-18)21-11(6)8/h1-5,21H,18H2. The molecule has 0 amide bonds. The van der Waals surface area contributed by atoms with Crippen molar-refractivity contribution in [1.29, 1.82) is 0 Å².